The first-order chi connectivity index (χ1) is 17.5. The zero-order chi connectivity index (χ0) is 25.2. The third kappa shape index (κ3) is 4.47. The third-order valence-corrected chi connectivity index (χ3v) is 6.72. The Morgan fingerprint density at radius 2 is 1.94 bits per heavy atom. The van der Waals surface area contributed by atoms with Crippen molar-refractivity contribution in [2.24, 2.45) is 0 Å². The van der Waals surface area contributed by atoms with Gasteiger partial charge in [-0.25, -0.2) is 4.98 Å². The van der Waals surface area contributed by atoms with Gasteiger partial charge < -0.3 is 20.1 Å². The molecule has 1 aliphatic rings. The molecule has 3 aromatic heterocycles. The van der Waals surface area contributed by atoms with Crippen LogP contribution in [0.4, 0.5) is 11.4 Å². The molecule has 1 fully saturated rings. The van der Waals surface area contributed by atoms with E-state index < -0.39 is 0 Å². The number of rotatable bonds is 6. The van der Waals surface area contributed by atoms with Crippen LogP contribution in [0.2, 0.25) is 0 Å². The molecule has 36 heavy (non-hydrogen) atoms. The van der Waals surface area contributed by atoms with Gasteiger partial charge in [0.1, 0.15) is 11.9 Å². The van der Waals surface area contributed by atoms with E-state index in [0.717, 1.165) is 39.7 Å². The minimum absolute atomic E-state index is 0.0132. The summed E-state index contributed by atoms with van der Waals surface area (Å²) < 4.78 is 2.10. The third-order valence-electron chi connectivity index (χ3n) is 6.41. The SMILES string of the molecule is CCC(=O)Nc1ccc(N2C(=S)NC(c3ccccn3)C2c2cccn2-c2ccc(C)cn2)cc1C. The topological polar surface area (TPSA) is 75.1 Å². The van der Waals surface area contributed by atoms with Gasteiger partial charge in [-0.1, -0.05) is 19.1 Å². The van der Waals surface area contributed by atoms with Gasteiger partial charge in [0, 0.05) is 42.1 Å². The van der Waals surface area contributed by atoms with Crippen molar-refractivity contribution in [3.8, 4) is 5.82 Å². The number of nitrogens with one attached hydrogen (secondary N) is 2. The van der Waals surface area contributed by atoms with Crippen LogP contribution in [0.15, 0.2) is 79.3 Å². The number of hydrogen-bond donors (Lipinski definition) is 2. The quantitative estimate of drug-likeness (QED) is 0.348. The second-order valence-corrected chi connectivity index (χ2v) is 9.28. The van der Waals surface area contributed by atoms with Gasteiger partial charge >= 0.3 is 0 Å². The number of hydrogen-bond acceptors (Lipinski definition) is 4. The van der Waals surface area contributed by atoms with Crippen molar-refractivity contribution in [1.29, 1.82) is 0 Å². The van der Waals surface area contributed by atoms with Crippen molar-refractivity contribution >= 4 is 34.6 Å². The highest BCUT2D eigenvalue weighted by Crippen LogP contribution is 2.42. The Kier molecular flexibility index (Phi) is 6.52. The first-order valence-electron chi connectivity index (χ1n) is 12.0. The molecule has 0 radical (unpaired) electrons. The molecule has 1 aromatic carbocycles. The summed E-state index contributed by atoms with van der Waals surface area (Å²) in [5, 5.41) is 7.10. The van der Waals surface area contributed by atoms with Crippen molar-refractivity contribution in [3.63, 3.8) is 0 Å². The summed E-state index contributed by atoms with van der Waals surface area (Å²) in [5.41, 5.74) is 5.75. The maximum Gasteiger partial charge on any atom is 0.224 e. The van der Waals surface area contributed by atoms with Crippen molar-refractivity contribution in [1.82, 2.24) is 19.9 Å². The standard InChI is InChI=1S/C28H28N6OS/c1-4-25(35)31-21-12-11-20(16-19(21)3)34-27(26(32-28(34)36)22-8-5-6-14-29-22)23-9-7-15-33(23)24-13-10-18(2)17-30-24/h5-17,26-27H,4H2,1-3H3,(H,31,35)(H,32,36). The van der Waals surface area contributed by atoms with Gasteiger partial charge in [-0.2, -0.15) is 0 Å². The maximum atomic E-state index is 12.0. The van der Waals surface area contributed by atoms with Crippen LogP contribution >= 0.6 is 12.2 Å². The van der Waals surface area contributed by atoms with Crippen LogP contribution in [-0.2, 0) is 4.79 Å². The van der Waals surface area contributed by atoms with Gasteiger partial charge in [0.15, 0.2) is 5.11 Å². The molecule has 7 nitrogen and oxygen atoms in total. The zero-order valence-corrected chi connectivity index (χ0v) is 21.3. The molecule has 182 valence electrons. The van der Waals surface area contributed by atoms with Gasteiger partial charge in [0.2, 0.25) is 5.91 Å². The number of aromatic nitrogens is 3. The van der Waals surface area contributed by atoms with E-state index in [9.17, 15) is 4.79 Å². The van der Waals surface area contributed by atoms with Crippen LogP contribution in [0.5, 0.6) is 0 Å². The number of thiocarbonyl (C=S) groups is 1. The van der Waals surface area contributed by atoms with Gasteiger partial charge in [0.25, 0.3) is 0 Å². The molecule has 2 atom stereocenters. The smallest absolute Gasteiger partial charge is 0.224 e. The van der Waals surface area contributed by atoms with Crippen LogP contribution in [-0.4, -0.2) is 25.6 Å². The zero-order valence-electron chi connectivity index (χ0n) is 20.5. The number of nitrogens with zero attached hydrogens (tertiary/aromatic N) is 4. The summed E-state index contributed by atoms with van der Waals surface area (Å²) >= 11 is 5.88. The van der Waals surface area contributed by atoms with E-state index in [4.69, 9.17) is 12.2 Å². The molecule has 0 spiro atoms. The van der Waals surface area contributed by atoms with Gasteiger partial charge in [-0.15, -0.1) is 0 Å². The second-order valence-electron chi connectivity index (χ2n) is 8.89. The van der Waals surface area contributed by atoms with E-state index in [1.165, 1.54) is 0 Å². The number of benzene rings is 1. The van der Waals surface area contributed by atoms with Crippen LogP contribution < -0.4 is 15.5 Å². The Morgan fingerprint density at radius 1 is 1.08 bits per heavy atom. The van der Waals surface area contributed by atoms with Gasteiger partial charge in [0.05, 0.1) is 11.7 Å². The van der Waals surface area contributed by atoms with Crippen LogP contribution in [0.1, 0.15) is 47.9 Å². The molecule has 1 amide bonds. The molecular formula is C28H28N6OS. The summed E-state index contributed by atoms with van der Waals surface area (Å²) in [7, 11) is 0. The molecule has 4 heterocycles. The van der Waals surface area contributed by atoms with E-state index >= 15 is 0 Å². The highest BCUT2D eigenvalue weighted by molar-refractivity contribution is 7.80. The number of pyridine rings is 2. The average molecular weight is 497 g/mol. The number of aryl methyl sites for hydroxylation is 2. The molecule has 1 saturated heterocycles. The molecule has 1 aliphatic heterocycles. The van der Waals surface area contributed by atoms with Crippen molar-refractivity contribution in [3.05, 3.63) is 102 Å². The van der Waals surface area contributed by atoms with E-state index in [1.54, 1.807) is 6.20 Å². The molecule has 5 rings (SSSR count). The van der Waals surface area contributed by atoms with E-state index in [2.05, 4.69) is 48.3 Å². The Bertz CT molecular complexity index is 1400. The largest absolute Gasteiger partial charge is 0.351 e. The molecule has 8 heteroatoms. The fourth-order valence-electron chi connectivity index (χ4n) is 4.56. The number of carbonyl (C=O) groups excluding carboxylic acids is 1. The Morgan fingerprint density at radius 3 is 2.64 bits per heavy atom. The molecule has 0 bridgehead atoms. The Hall–Kier alpha value is -4.04. The van der Waals surface area contributed by atoms with Gasteiger partial charge in [-0.3, -0.25) is 9.78 Å². The minimum Gasteiger partial charge on any atom is -0.351 e. The number of amides is 1. The van der Waals surface area contributed by atoms with Crippen LogP contribution in [0, 0.1) is 13.8 Å². The Balaban J connectivity index is 1.61. The molecule has 0 saturated carbocycles. The summed E-state index contributed by atoms with van der Waals surface area (Å²) in [6.45, 7) is 5.86. The summed E-state index contributed by atoms with van der Waals surface area (Å²) in [4.78, 5) is 23.4. The summed E-state index contributed by atoms with van der Waals surface area (Å²) in [5.74, 6) is 0.827. The van der Waals surface area contributed by atoms with Gasteiger partial charge in [-0.05, 0) is 85.7 Å². The lowest BCUT2D eigenvalue weighted by Gasteiger charge is -2.29. The second kappa shape index (κ2) is 9.91. The average Bonchev–Trinajstić information content (AvgIpc) is 3.50. The van der Waals surface area contributed by atoms with E-state index in [0.29, 0.717) is 11.5 Å². The Labute approximate surface area is 216 Å². The number of carbonyl (C=O) groups is 1. The molecule has 4 aromatic rings. The van der Waals surface area contributed by atoms with E-state index in [-0.39, 0.29) is 18.0 Å². The predicted molar refractivity (Wildman–Crippen MR) is 146 cm³/mol. The lowest BCUT2D eigenvalue weighted by atomic mass is 10.0. The predicted octanol–water partition coefficient (Wildman–Crippen LogP) is 5.41. The number of anilines is 2. The molecular weight excluding hydrogens is 468 g/mol. The van der Waals surface area contributed by atoms with E-state index in [1.807, 2.05) is 75.6 Å². The normalized spacial score (nSPS) is 17.2. The summed E-state index contributed by atoms with van der Waals surface area (Å²) in [6.07, 6.45) is 6.13. The van der Waals surface area contributed by atoms with Crippen molar-refractivity contribution < 1.29 is 4.79 Å². The lowest BCUT2D eigenvalue weighted by Crippen LogP contribution is -2.30. The van der Waals surface area contributed by atoms with Crippen LogP contribution in [0.3, 0.4) is 0 Å². The first-order valence-corrected chi connectivity index (χ1v) is 12.4. The summed E-state index contributed by atoms with van der Waals surface area (Å²) in [6, 6.07) is 19.8. The van der Waals surface area contributed by atoms with Crippen molar-refractivity contribution in [2.75, 3.05) is 10.2 Å². The molecule has 2 N–H and O–H groups in total. The minimum atomic E-state index is -0.180. The lowest BCUT2D eigenvalue weighted by molar-refractivity contribution is -0.115. The molecule has 0 aliphatic carbocycles. The van der Waals surface area contributed by atoms with Crippen LogP contribution in [0.25, 0.3) is 5.82 Å². The van der Waals surface area contributed by atoms with Crippen molar-refractivity contribution in [2.45, 2.75) is 39.3 Å². The maximum absolute atomic E-state index is 12.0. The highest BCUT2D eigenvalue weighted by Gasteiger charge is 2.42. The highest BCUT2D eigenvalue weighted by atomic mass is 32.1. The first kappa shape index (κ1) is 23.7. The monoisotopic (exact) mass is 496 g/mol. The fraction of sp³-hybridized carbons (Fsp3) is 0.214. The molecule has 2 unspecified atom stereocenters. The fourth-order valence-corrected chi connectivity index (χ4v) is 4.90.